The number of benzene rings is 1. The number of halogens is 2. The molecule has 16 heavy (non-hydrogen) atoms. The van der Waals surface area contributed by atoms with Crippen LogP contribution in [0.1, 0.15) is 16.8 Å². The Morgan fingerprint density at radius 2 is 2.19 bits per heavy atom. The maximum Gasteiger partial charge on any atom is 0.257 e. The number of aliphatic hydroxyl groups is 1. The molecule has 0 spiro atoms. The third kappa shape index (κ3) is 2.04. The van der Waals surface area contributed by atoms with Crippen molar-refractivity contribution >= 4 is 5.91 Å². The van der Waals surface area contributed by atoms with Gasteiger partial charge < -0.3 is 10.0 Å². The van der Waals surface area contributed by atoms with E-state index in [1.165, 1.54) is 4.90 Å². The van der Waals surface area contributed by atoms with Crippen molar-refractivity contribution in [2.75, 3.05) is 13.1 Å². The Morgan fingerprint density at radius 3 is 2.81 bits per heavy atom. The first kappa shape index (κ1) is 11.0. The van der Waals surface area contributed by atoms with E-state index in [9.17, 15) is 18.7 Å². The van der Waals surface area contributed by atoms with Gasteiger partial charge in [-0.3, -0.25) is 4.79 Å². The van der Waals surface area contributed by atoms with Gasteiger partial charge in [-0.2, -0.15) is 0 Å². The van der Waals surface area contributed by atoms with Crippen LogP contribution in [0.3, 0.4) is 0 Å². The number of carbonyl (C=O) groups is 1. The largest absolute Gasteiger partial charge is 0.391 e. The lowest BCUT2D eigenvalue weighted by molar-refractivity contribution is 0.0760. The van der Waals surface area contributed by atoms with E-state index >= 15 is 0 Å². The monoisotopic (exact) mass is 227 g/mol. The fraction of sp³-hybridized carbons (Fsp3) is 0.364. The lowest BCUT2D eigenvalue weighted by atomic mass is 10.2. The molecule has 1 heterocycles. The highest BCUT2D eigenvalue weighted by molar-refractivity contribution is 5.94. The Balaban J connectivity index is 2.23. The number of likely N-dealkylation sites (tertiary alicyclic amines) is 1. The number of nitrogens with zero attached hydrogens (tertiary/aromatic N) is 1. The van der Waals surface area contributed by atoms with Crippen molar-refractivity contribution in [3.63, 3.8) is 0 Å². The standard InChI is InChI=1S/C11H11F2NO2/c12-7-1-2-10(13)9(5-7)11(16)14-4-3-8(15)6-14/h1-2,5,8,15H,3-4,6H2/t8-/m0/s1. The number of β-amino-alcohol motifs (C(OH)–C–C–N with tert-alkyl or cyclic N) is 1. The zero-order valence-corrected chi connectivity index (χ0v) is 8.49. The molecule has 1 aromatic carbocycles. The Hall–Kier alpha value is -1.49. The first-order chi connectivity index (χ1) is 7.58. The van der Waals surface area contributed by atoms with E-state index in [0.717, 1.165) is 18.2 Å². The molecule has 0 unspecified atom stereocenters. The normalized spacial score (nSPS) is 20.2. The number of hydrogen-bond donors (Lipinski definition) is 1. The molecule has 0 radical (unpaired) electrons. The molecule has 1 aliphatic rings. The Labute approximate surface area is 91.3 Å². The number of hydrogen-bond acceptors (Lipinski definition) is 2. The van der Waals surface area contributed by atoms with Gasteiger partial charge in [-0.25, -0.2) is 8.78 Å². The molecule has 0 aromatic heterocycles. The summed E-state index contributed by atoms with van der Waals surface area (Å²) in [6.45, 7) is 0.546. The minimum atomic E-state index is -0.743. The molecule has 0 saturated carbocycles. The molecule has 1 fully saturated rings. The topological polar surface area (TPSA) is 40.5 Å². The van der Waals surface area contributed by atoms with Gasteiger partial charge in [0, 0.05) is 13.1 Å². The van der Waals surface area contributed by atoms with Crippen LogP contribution in [0, 0.1) is 11.6 Å². The number of amides is 1. The van der Waals surface area contributed by atoms with Crippen LogP contribution >= 0.6 is 0 Å². The molecule has 1 amide bonds. The predicted molar refractivity (Wildman–Crippen MR) is 52.9 cm³/mol. The zero-order chi connectivity index (χ0) is 11.7. The highest BCUT2D eigenvalue weighted by atomic mass is 19.1. The maximum atomic E-state index is 13.3. The highest BCUT2D eigenvalue weighted by Gasteiger charge is 2.27. The van der Waals surface area contributed by atoms with Crippen molar-refractivity contribution < 1.29 is 18.7 Å². The molecule has 5 heteroatoms. The molecule has 86 valence electrons. The van der Waals surface area contributed by atoms with Crippen molar-refractivity contribution in [3.8, 4) is 0 Å². The summed E-state index contributed by atoms with van der Waals surface area (Å²) in [6.07, 6.45) is -0.0940. The summed E-state index contributed by atoms with van der Waals surface area (Å²) in [7, 11) is 0. The van der Waals surface area contributed by atoms with Crippen LogP contribution < -0.4 is 0 Å². The third-order valence-electron chi connectivity index (χ3n) is 2.61. The summed E-state index contributed by atoms with van der Waals surface area (Å²) in [4.78, 5) is 13.1. The summed E-state index contributed by atoms with van der Waals surface area (Å²) < 4.78 is 26.2. The summed E-state index contributed by atoms with van der Waals surface area (Å²) in [5.41, 5.74) is -0.283. The van der Waals surface area contributed by atoms with Crippen LogP contribution in [0.15, 0.2) is 18.2 Å². The maximum absolute atomic E-state index is 13.3. The molecular formula is C11H11F2NO2. The average Bonchev–Trinajstić information content (AvgIpc) is 2.67. The van der Waals surface area contributed by atoms with E-state index in [1.54, 1.807) is 0 Å². The van der Waals surface area contributed by atoms with Gasteiger partial charge in [0.25, 0.3) is 5.91 Å². The van der Waals surface area contributed by atoms with Gasteiger partial charge in [0.15, 0.2) is 0 Å². The predicted octanol–water partition coefficient (Wildman–Crippen LogP) is 1.17. The fourth-order valence-electron chi connectivity index (χ4n) is 1.76. The first-order valence-electron chi connectivity index (χ1n) is 5.00. The van der Waals surface area contributed by atoms with E-state index in [-0.39, 0.29) is 12.1 Å². The lowest BCUT2D eigenvalue weighted by Gasteiger charge is -2.15. The van der Waals surface area contributed by atoms with Crippen molar-refractivity contribution in [2.24, 2.45) is 0 Å². The molecule has 0 bridgehead atoms. The van der Waals surface area contributed by atoms with Crippen LogP contribution in [0.4, 0.5) is 8.78 Å². The highest BCUT2D eigenvalue weighted by Crippen LogP contribution is 2.16. The SMILES string of the molecule is O=C(c1cc(F)ccc1F)N1CC[C@H](O)C1. The van der Waals surface area contributed by atoms with Gasteiger partial charge in [-0.1, -0.05) is 0 Å². The van der Waals surface area contributed by atoms with E-state index in [4.69, 9.17) is 0 Å². The molecule has 1 aromatic rings. The summed E-state index contributed by atoms with van der Waals surface area (Å²) in [5.74, 6) is -1.97. The molecule has 1 aliphatic heterocycles. The minimum absolute atomic E-state index is 0.175. The zero-order valence-electron chi connectivity index (χ0n) is 8.49. The van der Waals surface area contributed by atoms with E-state index in [1.807, 2.05) is 0 Å². The summed E-state index contributed by atoms with van der Waals surface area (Å²) in [5, 5.41) is 9.26. The Bertz CT molecular complexity index is 422. The number of carbonyl (C=O) groups excluding carboxylic acids is 1. The smallest absolute Gasteiger partial charge is 0.257 e. The van der Waals surface area contributed by atoms with Gasteiger partial charge in [-0.05, 0) is 24.6 Å². The number of aliphatic hydroxyl groups excluding tert-OH is 1. The molecule has 1 atom stereocenters. The lowest BCUT2D eigenvalue weighted by Crippen LogP contribution is -2.30. The van der Waals surface area contributed by atoms with Gasteiger partial charge in [0.1, 0.15) is 11.6 Å². The molecule has 1 saturated heterocycles. The van der Waals surface area contributed by atoms with Crippen LogP contribution in [-0.2, 0) is 0 Å². The number of rotatable bonds is 1. The van der Waals surface area contributed by atoms with E-state index < -0.39 is 23.6 Å². The van der Waals surface area contributed by atoms with Crippen LogP contribution in [0.25, 0.3) is 0 Å². The molecule has 2 rings (SSSR count). The van der Waals surface area contributed by atoms with E-state index in [0.29, 0.717) is 13.0 Å². The van der Waals surface area contributed by atoms with Crippen LogP contribution in [0.5, 0.6) is 0 Å². The molecular weight excluding hydrogens is 216 g/mol. The van der Waals surface area contributed by atoms with Crippen LogP contribution in [-0.4, -0.2) is 35.1 Å². The minimum Gasteiger partial charge on any atom is -0.391 e. The van der Waals surface area contributed by atoms with Gasteiger partial charge >= 0.3 is 0 Å². The Kier molecular flexibility index (Phi) is 2.87. The van der Waals surface area contributed by atoms with Gasteiger partial charge in [-0.15, -0.1) is 0 Å². The van der Waals surface area contributed by atoms with E-state index in [2.05, 4.69) is 0 Å². The van der Waals surface area contributed by atoms with Crippen molar-refractivity contribution in [2.45, 2.75) is 12.5 Å². The third-order valence-corrected chi connectivity index (χ3v) is 2.61. The quantitative estimate of drug-likeness (QED) is 0.782. The Morgan fingerprint density at radius 1 is 1.44 bits per heavy atom. The van der Waals surface area contributed by atoms with Gasteiger partial charge in [0.2, 0.25) is 0 Å². The van der Waals surface area contributed by atoms with Crippen LogP contribution in [0.2, 0.25) is 0 Å². The second kappa shape index (κ2) is 4.17. The van der Waals surface area contributed by atoms with Crippen molar-refractivity contribution in [1.82, 2.24) is 4.90 Å². The molecule has 3 nitrogen and oxygen atoms in total. The second-order valence-electron chi connectivity index (χ2n) is 3.82. The second-order valence-corrected chi connectivity index (χ2v) is 3.82. The molecule has 0 aliphatic carbocycles. The summed E-state index contributed by atoms with van der Waals surface area (Å²) in [6, 6.07) is 2.77. The molecule has 1 N–H and O–H groups in total. The van der Waals surface area contributed by atoms with Crippen molar-refractivity contribution in [1.29, 1.82) is 0 Å². The summed E-state index contributed by atoms with van der Waals surface area (Å²) >= 11 is 0. The average molecular weight is 227 g/mol. The fourth-order valence-corrected chi connectivity index (χ4v) is 1.76. The van der Waals surface area contributed by atoms with Gasteiger partial charge in [0.05, 0.1) is 11.7 Å². The first-order valence-corrected chi connectivity index (χ1v) is 5.00. The van der Waals surface area contributed by atoms with Crippen molar-refractivity contribution in [3.05, 3.63) is 35.4 Å².